The summed E-state index contributed by atoms with van der Waals surface area (Å²) in [4.78, 5) is 10.8. The summed E-state index contributed by atoms with van der Waals surface area (Å²) in [5.41, 5.74) is 0.387. The van der Waals surface area contributed by atoms with Crippen LogP contribution in [0.3, 0.4) is 0 Å². The summed E-state index contributed by atoms with van der Waals surface area (Å²) in [5, 5.41) is 6.74. The summed E-state index contributed by atoms with van der Waals surface area (Å²) in [7, 11) is 0. The molecule has 0 saturated carbocycles. The largest absolute Gasteiger partial charge is 0.337 e. The van der Waals surface area contributed by atoms with Crippen LogP contribution in [-0.4, -0.2) is 21.7 Å². The number of hydrogen-bond donors (Lipinski definition) is 0. The Balaban J connectivity index is 1.63. The third-order valence-corrected chi connectivity index (χ3v) is 4.63. The van der Waals surface area contributed by atoms with Gasteiger partial charge >= 0.3 is 0 Å². The number of thiazole rings is 1. The van der Waals surface area contributed by atoms with Gasteiger partial charge in [-0.1, -0.05) is 5.16 Å². The first-order valence-electron chi connectivity index (χ1n) is 7.17. The third-order valence-electron chi connectivity index (χ3n) is 3.82. The molecule has 1 aliphatic rings. The number of nitrogens with zero attached hydrogens (tertiary/aromatic N) is 4. The Morgan fingerprint density at radius 1 is 1.26 bits per heavy atom. The molecule has 0 amide bonds. The number of hydrogen-bond acceptors (Lipinski definition) is 6. The summed E-state index contributed by atoms with van der Waals surface area (Å²) >= 11 is 1.56. The topological polar surface area (TPSA) is 55.1 Å². The fourth-order valence-electron chi connectivity index (χ4n) is 2.73. The molecular weight excluding hydrogens is 322 g/mol. The van der Waals surface area contributed by atoms with Crippen molar-refractivity contribution in [1.82, 2.24) is 15.1 Å². The van der Waals surface area contributed by atoms with Crippen molar-refractivity contribution in [2.24, 2.45) is 0 Å². The molecule has 1 atom stereocenters. The molecule has 0 spiro atoms. The van der Waals surface area contributed by atoms with Crippen LogP contribution >= 0.6 is 11.3 Å². The SMILES string of the molecule is Fc1ccc(-c2noc(C3CCCN3c3nccs3)n2)cc1F. The minimum atomic E-state index is -0.931. The lowest BCUT2D eigenvalue weighted by molar-refractivity contribution is 0.355. The Hall–Kier alpha value is -2.35. The Morgan fingerprint density at radius 3 is 2.96 bits per heavy atom. The molecular formula is C15H12F2N4OS. The van der Waals surface area contributed by atoms with Gasteiger partial charge in [-0.05, 0) is 31.0 Å². The number of anilines is 1. The van der Waals surface area contributed by atoms with Crippen LogP contribution in [0.5, 0.6) is 0 Å². The quantitative estimate of drug-likeness (QED) is 0.729. The zero-order chi connectivity index (χ0) is 15.8. The van der Waals surface area contributed by atoms with Crippen molar-refractivity contribution >= 4 is 16.5 Å². The highest BCUT2D eigenvalue weighted by Crippen LogP contribution is 2.36. The van der Waals surface area contributed by atoms with Crippen molar-refractivity contribution in [2.45, 2.75) is 18.9 Å². The molecule has 23 heavy (non-hydrogen) atoms. The highest BCUT2D eigenvalue weighted by Gasteiger charge is 2.32. The lowest BCUT2D eigenvalue weighted by atomic mass is 10.2. The molecule has 5 nitrogen and oxygen atoms in total. The number of rotatable bonds is 3. The molecule has 4 rings (SSSR count). The zero-order valence-corrected chi connectivity index (χ0v) is 12.8. The highest BCUT2D eigenvalue weighted by atomic mass is 32.1. The molecule has 0 aliphatic carbocycles. The first-order valence-corrected chi connectivity index (χ1v) is 8.05. The van der Waals surface area contributed by atoms with Gasteiger partial charge in [0.25, 0.3) is 0 Å². The second-order valence-electron chi connectivity index (χ2n) is 5.25. The van der Waals surface area contributed by atoms with Crippen LogP contribution in [0, 0.1) is 11.6 Å². The Bertz CT molecular complexity index is 821. The van der Waals surface area contributed by atoms with Crippen LogP contribution in [-0.2, 0) is 0 Å². The van der Waals surface area contributed by atoms with Crippen molar-refractivity contribution in [2.75, 3.05) is 11.4 Å². The van der Waals surface area contributed by atoms with Gasteiger partial charge in [0.05, 0.1) is 0 Å². The van der Waals surface area contributed by atoms with Crippen LogP contribution in [0.2, 0.25) is 0 Å². The Morgan fingerprint density at radius 2 is 2.17 bits per heavy atom. The molecule has 0 bridgehead atoms. The molecule has 3 aromatic rings. The monoisotopic (exact) mass is 334 g/mol. The molecule has 0 radical (unpaired) electrons. The van der Waals surface area contributed by atoms with Crippen molar-refractivity contribution in [3.05, 3.63) is 47.3 Å². The molecule has 8 heteroatoms. The average molecular weight is 334 g/mol. The summed E-state index contributed by atoms with van der Waals surface area (Å²) in [6, 6.07) is 3.52. The molecule has 1 aliphatic heterocycles. The second kappa shape index (κ2) is 5.69. The minimum Gasteiger partial charge on any atom is -0.337 e. The van der Waals surface area contributed by atoms with Crippen molar-refractivity contribution in [3.63, 3.8) is 0 Å². The van der Waals surface area contributed by atoms with E-state index >= 15 is 0 Å². The van der Waals surface area contributed by atoms with E-state index in [0.29, 0.717) is 11.5 Å². The van der Waals surface area contributed by atoms with E-state index in [1.807, 2.05) is 5.38 Å². The van der Waals surface area contributed by atoms with Gasteiger partial charge in [0.2, 0.25) is 11.7 Å². The van der Waals surface area contributed by atoms with Crippen molar-refractivity contribution < 1.29 is 13.3 Å². The maximum atomic E-state index is 13.3. The molecule has 3 heterocycles. The molecule has 2 aromatic heterocycles. The number of aromatic nitrogens is 3. The smallest absolute Gasteiger partial charge is 0.249 e. The first kappa shape index (κ1) is 14.3. The second-order valence-corrected chi connectivity index (χ2v) is 6.12. The van der Waals surface area contributed by atoms with Gasteiger partial charge in [-0.2, -0.15) is 4.98 Å². The zero-order valence-electron chi connectivity index (χ0n) is 11.9. The van der Waals surface area contributed by atoms with E-state index in [4.69, 9.17) is 4.52 Å². The average Bonchev–Trinajstić information content (AvgIpc) is 3.30. The summed E-state index contributed by atoms with van der Waals surface area (Å²) in [5.74, 6) is -1.11. The van der Waals surface area contributed by atoms with E-state index in [1.54, 1.807) is 17.5 Å². The molecule has 118 valence electrons. The van der Waals surface area contributed by atoms with Gasteiger partial charge in [0.1, 0.15) is 6.04 Å². The number of halogens is 2. The van der Waals surface area contributed by atoms with E-state index in [0.717, 1.165) is 36.7 Å². The van der Waals surface area contributed by atoms with Gasteiger partial charge in [-0.15, -0.1) is 11.3 Å². The van der Waals surface area contributed by atoms with Crippen molar-refractivity contribution in [1.29, 1.82) is 0 Å². The van der Waals surface area contributed by atoms with Crippen molar-refractivity contribution in [3.8, 4) is 11.4 Å². The van der Waals surface area contributed by atoms with Crippen LogP contribution in [0.25, 0.3) is 11.4 Å². The normalized spacial score (nSPS) is 17.8. The summed E-state index contributed by atoms with van der Waals surface area (Å²) in [6.07, 6.45) is 3.65. The Labute approximate surface area is 134 Å². The van der Waals surface area contributed by atoms with E-state index in [-0.39, 0.29) is 11.9 Å². The fraction of sp³-hybridized carbons (Fsp3) is 0.267. The summed E-state index contributed by atoms with van der Waals surface area (Å²) < 4.78 is 31.7. The molecule has 1 saturated heterocycles. The van der Waals surface area contributed by atoms with Crippen LogP contribution in [0.15, 0.2) is 34.3 Å². The van der Waals surface area contributed by atoms with Gasteiger partial charge in [-0.25, -0.2) is 13.8 Å². The van der Waals surface area contributed by atoms with E-state index < -0.39 is 11.6 Å². The summed E-state index contributed by atoms with van der Waals surface area (Å²) in [6.45, 7) is 0.876. The van der Waals surface area contributed by atoms with Crippen LogP contribution < -0.4 is 4.90 Å². The lowest BCUT2D eigenvalue weighted by Gasteiger charge is -2.20. The molecule has 1 fully saturated rings. The predicted octanol–water partition coefficient (Wildman–Crippen LogP) is 3.81. The van der Waals surface area contributed by atoms with Crippen LogP contribution in [0.1, 0.15) is 24.8 Å². The maximum absolute atomic E-state index is 13.3. The lowest BCUT2D eigenvalue weighted by Crippen LogP contribution is -2.22. The number of benzene rings is 1. The minimum absolute atomic E-state index is 0.0345. The molecule has 1 aromatic carbocycles. The first-order chi connectivity index (χ1) is 11.2. The standard InChI is InChI=1S/C15H12F2N4OS/c16-10-4-3-9(8-11(10)17)13-19-14(22-20-13)12-2-1-6-21(12)15-18-5-7-23-15/h3-5,7-8,12H,1-2,6H2. The van der Waals surface area contributed by atoms with Gasteiger partial charge in [-0.3, -0.25) is 0 Å². The predicted molar refractivity (Wildman–Crippen MR) is 81.1 cm³/mol. The molecule has 0 N–H and O–H groups in total. The fourth-order valence-corrected chi connectivity index (χ4v) is 3.45. The third kappa shape index (κ3) is 2.59. The maximum Gasteiger partial charge on any atom is 0.249 e. The van der Waals surface area contributed by atoms with E-state index in [1.165, 1.54) is 6.07 Å². The molecule has 1 unspecified atom stereocenters. The Kier molecular flexibility index (Phi) is 3.53. The highest BCUT2D eigenvalue weighted by molar-refractivity contribution is 7.13. The van der Waals surface area contributed by atoms with Gasteiger partial charge in [0.15, 0.2) is 16.8 Å². The van der Waals surface area contributed by atoms with Gasteiger partial charge < -0.3 is 9.42 Å². The van der Waals surface area contributed by atoms with Gasteiger partial charge in [0, 0.05) is 23.7 Å². The van der Waals surface area contributed by atoms with E-state index in [2.05, 4.69) is 20.0 Å². The van der Waals surface area contributed by atoms with E-state index in [9.17, 15) is 8.78 Å². The van der Waals surface area contributed by atoms with Crippen LogP contribution in [0.4, 0.5) is 13.9 Å².